The van der Waals surface area contributed by atoms with Crippen molar-refractivity contribution in [3.63, 3.8) is 0 Å². The number of fused-ring (bicyclic) bond motifs is 1. The molecule has 0 aliphatic carbocycles. The monoisotopic (exact) mass is 112 g/mol. The zero-order chi connectivity index (χ0) is 5.56. The quantitative estimate of drug-likeness (QED) is 0.383. The van der Waals surface area contributed by atoms with Gasteiger partial charge in [-0.25, -0.2) is 0 Å². The Balaban J connectivity index is 2.11. The van der Waals surface area contributed by atoms with Crippen molar-refractivity contribution < 1.29 is 4.79 Å². The highest BCUT2D eigenvalue weighted by Crippen LogP contribution is 2.17. The van der Waals surface area contributed by atoms with E-state index in [2.05, 4.69) is 10.6 Å². The van der Waals surface area contributed by atoms with Gasteiger partial charge in [-0.1, -0.05) is 0 Å². The summed E-state index contributed by atoms with van der Waals surface area (Å²) in [5.74, 6) is 0.523. The number of β-lactam (4-membered cyclic amide) rings is 1. The zero-order valence-corrected chi connectivity index (χ0v) is 4.48. The lowest BCUT2D eigenvalue weighted by molar-refractivity contribution is -0.132. The molecule has 2 atom stereocenters. The van der Waals surface area contributed by atoms with Crippen LogP contribution in [-0.4, -0.2) is 25.0 Å². The van der Waals surface area contributed by atoms with Crippen LogP contribution >= 0.6 is 0 Å². The van der Waals surface area contributed by atoms with Crippen molar-refractivity contribution in [2.24, 2.45) is 5.92 Å². The highest BCUT2D eigenvalue weighted by atomic mass is 16.2. The van der Waals surface area contributed by atoms with Crippen molar-refractivity contribution in [3.8, 4) is 0 Å². The third kappa shape index (κ3) is 0.351. The Morgan fingerprint density at radius 3 is 2.88 bits per heavy atom. The highest BCUT2D eigenvalue weighted by Gasteiger charge is 2.42. The van der Waals surface area contributed by atoms with E-state index in [1.54, 1.807) is 0 Å². The molecular weight excluding hydrogens is 104 g/mol. The van der Waals surface area contributed by atoms with Crippen LogP contribution in [0.3, 0.4) is 0 Å². The first-order chi connectivity index (χ1) is 3.88. The molecule has 44 valence electrons. The lowest BCUT2D eigenvalue weighted by Crippen LogP contribution is -2.57. The minimum atomic E-state index is 0.222. The van der Waals surface area contributed by atoms with Crippen LogP contribution < -0.4 is 10.6 Å². The molecule has 2 aliphatic rings. The predicted octanol–water partition coefficient (Wildman–Crippen LogP) is -1.30. The Hall–Kier alpha value is -0.570. The van der Waals surface area contributed by atoms with E-state index < -0.39 is 0 Å². The van der Waals surface area contributed by atoms with Crippen LogP contribution in [0.2, 0.25) is 0 Å². The third-order valence-corrected chi connectivity index (χ3v) is 1.88. The topological polar surface area (TPSA) is 41.1 Å². The molecule has 0 spiro atoms. The molecule has 0 radical (unpaired) electrons. The van der Waals surface area contributed by atoms with E-state index in [1.807, 2.05) is 0 Å². The zero-order valence-electron chi connectivity index (χ0n) is 4.48. The van der Waals surface area contributed by atoms with Gasteiger partial charge in [-0.15, -0.1) is 0 Å². The maximum absolute atomic E-state index is 10.6. The van der Waals surface area contributed by atoms with Gasteiger partial charge in [0, 0.05) is 13.1 Å². The van der Waals surface area contributed by atoms with E-state index in [9.17, 15) is 4.79 Å². The first-order valence-corrected chi connectivity index (χ1v) is 2.89. The van der Waals surface area contributed by atoms with Gasteiger partial charge in [-0.05, 0) is 0 Å². The Morgan fingerprint density at radius 2 is 2.38 bits per heavy atom. The molecule has 2 aliphatic heterocycles. The summed E-state index contributed by atoms with van der Waals surface area (Å²) in [7, 11) is 0. The molecule has 2 unspecified atom stereocenters. The molecule has 2 rings (SSSR count). The standard InChI is InChI=1S/C5H8N2O/c8-5-3-1-6-2-4(3)7-5/h3-4,6H,1-2H2,(H,7,8). The molecule has 3 nitrogen and oxygen atoms in total. The van der Waals surface area contributed by atoms with Gasteiger partial charge < -0.3 is 10.6 Å². The van der Waals surface area contributed by atoms with Crippen molar-refractivity contribution in [1.29, 1.82) is 0 Å². The smallest absolute Gasteiger partial charge is 0.226 e. The minimum Gasteiger partial charge on any atom is -0.351 e. The number of nitrogens with one attached hydrogen (secondary N) is 2. The number of rotatable bonds is 0. The summed E-state index contributed by atoms with van der Waals surface area (Å²) in [6.45, 7) is 1.85. The van der Waals surface area contributed by atoms with Gasteiger partial charge in [-0.3, -0.25) is 4.79 Å². The summed E-state index contributed by atoms with van der Waals surface area (Å²) in [6.07, 6.45) is 0. The molecule has 2 N–H and O–H groups in total. The number of amides is 1. The maximum Gasteiger partial charge on any atom is 0.226 e. The Kier molecular flexibility index (Phi) is 0.663. The highest BCUT2D eigenvalue weighted by molar-refractivity contribution is 5.86. The van der Waals surface area contributed by atoms with Gasteiger partial charge in [0.2, 0.25) is 5.91 Å². The fourth-order valence-corrected chi connectivity index (χ4v) is 1.30. The van der Waals surface area contributed by atoms with Crippen LogP contribution in [0, 0.1) is 5.92 Å². The molecule has 2 fully saturated rings. The fraction of sp³-hybridized carbons (Fsp3) is 0.800. The van der Waals surface area contributed by atoms with E-state index in [0.29, 0.717) is 12.0 Å². The molecule has 0 aromatic rings. The molecule has 1 amide bonds. The predicted molar refractivity (Wildman–Crippen MR) is 28.3 cm³/mol. The second kappa shape index (κ2) is 1.23. The van der Waals surface area contributed by atoms with Crippen LogP contribution in [0.5, 0.6) is 0 Å². The summed E-state index contributed by atoms with van der Waals surface area (Å²) in [6, 6.07) is 0.461. The molecule has 3 heteroatoms. The van der Waals surface area contributed by atoms with E-state index in [4.69, 9.17) is 0 Å². The number of hydrogen-bond acceptors (Lipinski definition) is 2. The summed E-state index contributed by atoms with van der Waals surface area (Å²) in [5, 5.41) is 5.93. The van der Waals surface area contributed by atoms with E-state index in [1.165, 1.54) is 0 Å². The van der Waals surface area contributed by atoms with Crippen molar-refractivity contribution in [3.05, 3.63) is 0 Å². The number of carbonyl (C=O) groups is 1. The van der Waals surface area contributed by atoms with Crippen LogP contribution in [0.15, 0.2) is 0 Å². The average Bonchev–Trinajstić information content (AvgIpc) is 2.09. The Labute approximate surface area is 47.4 Å². The van der Waals surface area contributed by atoms with E-state index in [0.717, 1.165) is 13.1 Å². The first-order valence-electron chi connectivity index (χ1n) is 2.89. The molecule has 0 aromatic carbocycles. The second-order valence-electron chi connectivity index (χ2n) is 2.38. The summed E-state index contributed by atoms with van der Waals surface area (Å²) >= 11 is 0. The van der Waals surface area contributed by atoms with Gasteiger partial charge in [0.25, 0.3) is 0 Å². The van der Waals surface area contributed by atoms with Crippen LogP contribution in [0.25, 0.3) is 0 Å². The number of carbonyl (C=O) groups excluding carboxylic acids is 1. The molecule has 0 aromatic heterocycles. The number of hydrogen-bond donors (Lipinski definition) is 2. The Morgan fingerprint density at radius 1 is 1.50 bits per heavy atom. The van der Waals surface area contributed by atoms with Gasteiger partial charge in [0.15, 0.2) is 0 Å². The second-order valence-corrected chi connectivity index (χ2v) is 2.38. The lowest BCUT2D eigenvalue weighted by Gasteiger charge is -2.29. The van der Waals surface area contributed by atoms with Gasteiger partial charge in [0.05, 0.1) is 12.0 Å². The van der Waals surface area contributed by atoms with Crippen LogP contribution in [0.1, 0.15) is 0 Å². The molecular formula is C5H8N2O. The van der Waals surface area contributed by atoms with E-state index in [-0.39, 0.29) is 5.91 Å². The van der Waals surface area contributed by atoms with Gasteiger partial charge in [0.1, 0.15) is 0 Å². The Bertz CT molecular complexity index is 134. The largest absolute Gasteiger partial charge is 0.351 e. The van der Waals surface area contributed by atoms with Crippen LogP contribution in [-0.2, 0) is 4.79 Å². The molecule has 0 bridgehead atoms. The van der Waals surface area contributed by atoms with Crippen LogP contribution in [0.4, 0.5) is 0 Å². The summed E-state index contributed by atoms with van der Waals surface area (Å²) in [5.41, 5.74) is 0. The fourth-order valence-electron chi connectivity index (χ4n) is 1.30. The summed E-state index contributed by atoms with van der Waals surface area (Å²) < 4.78 is 0. The van der Waals surface area contributed by atoms with Gasteiger partial charge >= 0.3 is 0 Å². The molecule has 8 heavy (non-hydrogen) atoms. The average molecular weight is 112 g/mol. The minimum absolute atomic E-state index is 0.222. The SMILES string of the molecule is O=C1NC2CNCC12. The van der Waals surface area contributed by atoms with Crippen molar-refractivity contribution >= 4 is 5.91 Å². The molecule has 0 saturated carbocycles. The van der Waals surface area contributed by atoms with Crippen molar-refractivity contribution in [1.82, 2.24) is 10.6 Å². The van der Waals surface area contributed by atoms with Crippen molar-refractivity contribution in [2.75, 3.05) is 13.1 Å². The molecule has 2 heterocycles. The van der Waals surface area contributed by atoms with E-state index >= 15 is 0 Å². The van der Waals surface area contributed by atoms with Crippen molar-refractivity contribution in [2.45, 2.75) is 6.04 Å². The normalized spacial score (nSPS) is 42.8. The first kappa shape index (κ1) is 4.32. The molecule has 2 saturated heterocycles. The van der Waals surface area contributed by atoms with Gasteiger partial charge in [-0.2, -0.15) is 0 Å². The maximum atomic E-state index is 10.6. The lowest BCUT2D eigenvalue weighted by atomic mass is 9.95. The third-order valence-electron chi connectivity index (χ3n) is 1.88. The summed E-state index contributed by atoms with van der Waals surface area (Å²) in [4.78, 5) is 10.6.